The number of nitrogens with zero attached hydrogens (tertiary/aromatic N) is 1. The lowest BCUT2D eigenvalue weighted by Crippen LogP contribution is -2.39. The molecule has 0 amide bonds. The number of piperidine rings is 1. The lowest BCUT2D eigenvalue weighted by Gasteiger charge is -2.36. The van der Waals surface area contributed by atoms with Gasteiger partial charge in [0.25, 0.3) is 0 Å². The first-order valence-corrected chi connectivity index (χ1v) is 8.12. The number of hydrogen-bond donors (Lipinski definition) is 1. The molecule has 2 heterocycles. The molecule has 1 unspecified atom stereocenters. The summed E-state index contributed by atoms with van der Waals surface area (Å²) in [6.07, 6.45) is 8.84. The monoisotopic (exact) mass is 288 g/mol. The Hall–Kier alpha value is -1.35. The molecule has 1 fully saturated rings. The molecule has 0 radical (unpaired) electrons. The third kappa shape index (κ3) is 4.85. The number of likely N-dealkylation sites (tertiary alicyclic amines) is 1. The van der Waals surface area contributed by atoms with E-state index < -0.39 is 0 Å². The van der Waals surface area contributed by atoms with E-state index in [1.54, 1.807) is 12.3 Å². The average Bonchev–Trinajstić information content (AvgIpc) is 2.47. The highest BCUT2D eigenvalue weighted by Gasteiger charge is 2.23. The smallest absolute Gasteiger partial charge is 0.248 e. The average molecular weight is 288 g/mol. The van der Waals surface area contributed by atoms with Crippen LogP contribution in [0.3, 0.4) is 0 Å². The van der Waals surface area contributed by atoms with E-state index in [4.69, 9.17) is 0 Å². The molecule has 1 atom stereocenters. The van der Waals surface area contributed by atoms with Gasteiger partial charge in [-0.15, -0.1) is 0 Å². The van der Waals surface area contributed by atoms with Crippen LogP contribution in [0.2, 0.25) is 0 Å². The summed E-state index contributed by atoms with van der Waals surface area (Å²) in [7, 11) is 0. The molecular weight excluding hydrogens is 260 g/mol. The van der Waals surface area contributed by atoms with Gasteiger partial charge >= 0.3 is 0 Å². The number of pyridine rings is 1. The zero-order valence-corrected chi connectivity index (χ0v) is 13.6. The lowest BCUT2D eigenvalue weighted by atomic mass is 9.89. The zero-order chi connectivity index (χ0) is 15.2. The van der Waals surface area contributed by atoms with Crippen molar-refractivity contribution in [1.29, 1.82) is 0 Å². The quantitative estimate of drug-likeness (QED) is 0.839. The molecular formula is C18H28N2O. The van der Waals surface area contributed by atoms with E-state index >= 15 is 0 Å². The van der Waals surface area contributed by atoms with Crippen LogP contribution in [0.1, 0.15) is 57.9 Å². The van der Waals surface area contributed by atoms with E-state index in [-0.39, 0.29) is 5.56 Å². The van der Waals surface area contributed by atoms with Crippen molar-refractivity contribution in [3.8, 4) is 0 Å². The molecule has 1 aliphatic rings. The van der Waals surface area contributed by atoms with Gasteiger partial charge in [0.2, 0.25) is 5.56 Å². The number of allylic oxidation sites excluding steroid dienone is 2. The number of rotatable bonds is 5. The Balaban J connectivity index is 1.82. The summed E-state index contributed by atoms with van der Waals surface area (Å²) in [4.78, 5) is 16.7. The number of hydrogen-bond acceptors (Lipinski definition) is 2. The van der Waals surface area contributed by atoms with Gasteiger partial charge in [-0.25, -0.2) is 0 Å². The highest BCUT2D eigenvalue weighted by molar-refractivity contribution is 5.16. The van der Waals surface area contributed by atoms with Gasteiger partial charge in [-0.2, -0.15) is 0 Å². The number of nitrogens with one attached hydrogen (secondary N) is 1. The Morgan fingerprint density at radius 1 is 1.43 bits per heavy atom. The summed E-state index contributed by atoms with van der Waals surface area (Å²) in [5, 5.41) is 0. The molecule has 3 heteroatoms. The van der Waals surface area contributed by atoms with Crippen molar-refractivity contribution in [3.63, 3.8) is 0 Å². The second-order valence-electron chi connectivity index (χ2n) is 6.50. The van der Waals surface area contributed by atoms with Gasteiger partial charge < -0.3 is 9.88 Å². The first kappa shape index (κ1) is 16.0. The third-order valence-electron chi connectivity index (χ3n) is 4.56. The van der Waals surface area contributed by atoms with E-state index in [1.807, 2.05) is 0 Å². The van der Waals surface area contributed by atoms with Crippen molar-refractivity contribution in [1.82, 2.24) is 9.88 Å². The van der Waals surface area contributed by atoms with Crippen molar-refractivity contribution in [2.45, 2.75) is 58.4 Å². The van der Waals surface area contributed by atoms with E-state index in [9.17, 15) is 4.79 Å². The summed E-state index contributed by atoms with van der Waals surface area (Å²) in [6.45, 7) is 8.96. The Labute approximate surface area is 128 Å². The van der Waals surface area contributed by atoms with Crippen LogP contribution in [0.25, 0.3) is 0 Å². The predicted octanol–water partition coefficient (Wildman–Crippen LogP) is 3.69. The molecule has 0 saturated carbocycles. The molecule has 0 spiro atoms. The van der Waals surface area contributed by atoms with Crippen LogP contribution in [0.4, 0.5) is 0 Å². The molecule has 1 N–H and O–H groups in total. The Morgan fingerprint density at radius 2 is 2.14 bits per heavy atom. The number of aromatic nitrogens is 1. The minimum Gasteiger partial charge on any atom is -0.329 e. The highest BCUT2D eigenvalue weighted by Crippen LogP contribution is 2.28. The van der Waals surface area contributed by atoms with E-state index in [2.05, 4.69) is 42.8 Å². The second-order valence-corrected chi connectivity index (χ2v) is 6.50. The maximum absolute atomic E-state index is 11.4. The summed E-state index contributed by atoms with van der Waals surface area (Å²) in [5.41, 5.74) is 2.64. The SMILES string of the molecule is CC(C)=CCCC(C)N1CCC(c2cc[nH]c(=O)c2)CC1. The van der Waals surface area contributed by atoms with Crippen LogP contribution in [0, 0.1) is 0 Å². The lowest BCUT2D eigenvalue weighted by molar-refractivity contribution is 0.155. The van der Waals surface area contributed by atoms with Gasteiger partial charge in [-0.05, 0) is 77.1 Å². The third-order valence-corrected chi connectivity index (χ3v) is 4.56. The topological polar surface area (TPSA) is 36.1 Å². The van der Waals surface area contributed by atoms with E-state index in [1.165, 1.54) is 24.0 Å². The van der Waals surface area contributed by atoms with Crippen molar-refractivity contribution >= 4 is 0 Å². The zero-order valence-electron chi connectivity index (χ0n) is 13.6. The summed E-state index contributed by atoms with van der Waals surface area (Å²) >= 11 is 0. The fourth-order valence-electron chi connectivity index (χ4n) is 3.18. The molecule has 116 valence electrons. The van der Waals surface area contributed by atoms with Gasteiger partial charge in [0.1, 0.15) is 0 Å². The Bertz CT molecular complexity index is 520. The Kier molecular flexibility index (Phi) is 5.80. The van der Waals surface area contributed by atoms with Crippen molar-refractivity contribution in [3.05, 3.63) is 45.9 Å². The molecule has 1 aromatic heterocycles. The van der Waals surface area contributed by atoms with Crippen LogP contribution in [0.5, 0.6) is 0 Å². The normalized spacial score (nSPS) is 18.4. The van der Waals surface area contributed by atoms with Crippen molar-refractivity contribution < 1.29 is 0 Å². The maximum Gasteiger partial charge on any atom is 0.248 e. The first-order valence-electron chi connectivity index (χ1n) is 8.12. The maximum atomic E-state index is 11.4. The van der Waals surface area contributed by atoms with E-state index in [0.717, 1.165) is 25.9 Å². The minimum absolute atomic E-state index is 0.0185. The van der Waals surface area contributed by atoms with Gasteiger partial charge in [0.15, 0.2) is 0 Å². The van der Waals surface area contributed by atoms with E-state index in [0.29, 0.717) is 12.0 Å². The van der Waals surface area contributed by atoms with Gasteiger partial charge in [0, 0.05) is 18.3 Å². The molecule has 2 rings (SSSR count). The van der Waals surface area contributed by atoms with Crippen LogP contribution in [-0.4, -0.2) is 29.0 Å². The van der Waals surface area contributed by atoms with Gasteiger partial charge in [-0.1, -0.05) is 11.6 Å². The number of aromatic amines is 1. The van der Waals surface area contributed by atoms with Crippen LogP contribution < -0.4 is 5.56 Å². The second kappa shape index (κ2) is 7.60. The largest absolute Gasteiger partial charge is 0.329 e. The Morgan fingerprint density at radius 3 is 2.76 bits per heavy atom. The van der Waals surface area contributed by atoms with Crippen LogP contribution in [-0.2, 0) is 0 Å². The molecule has 21 heavy (non-hydrogen) atoms. The first-order chi connectivity index (χ1) is 10.1. The standard InChI is InChI=1S/C18H28N2O/c1-14(2)5-4-6-15(3)20-11-8-16(9-12-20)17-7-10-19-18(21)13-17/h5,7,10,13,15-16H,4,6,8-9,11-12H2,1-3H3,(H,19,21). The molecule has 1 saturated heterocycles. The van der Waals surface area contributed by atoms with Crippen LogP contribution >= 0.6 is 0 Å². The molecule has 3 nitrogen and oxygen atoms in total. The number of H-pyrrole nitrogens is 1. The van der Waals surface area contributed by atoms with Crippen molar-refractivity contribution in [2.75, 3.05) is 13.1 Å². The fraction of sp³-hybridized carbons (Fsp3) is 0.611. The predicted molar refractivity (Wildman–Crippen MR) is 88.7 cm³/mol. The molecule has 1 aromatic rings. The molecule has 0 aliphatic carbocycles. The van der Waals surface area contributed by atoms with Gasteiger partial charge in [0.05, 0.1) is 0 Å². The fourth-order valence-corrected chi connectivity index (χ4v) is 3.18. The van der Waals surface area contributed by atoms with Gasteiger partial charge in [-0.3, -0.25) is 4.79 Å². The highest BCUT2D eigenvalue weighted by atomic mass is 16.1. The molecule has 0 bridgehead atoms. The molecule has 0 aromatic carbocycles. The van der Waals surface area contributed by atoms with Crippen molar-refractivity contribution in [2.24, 2.45) is 0 Å². The summed E-state index contributed by atoms with van der Waals surface area (Å²) in [6, 6.07) is 4.47. The van der Waals surface area contributed by atoms with Crippen LogP contribution in [0.15, 0.2) is 34.8 Å². The molecule has 1 aliphatic heterocycles. The minimum atomic E-state index is 0.0185. The summed E-state index contributed by atoms with van der Waals surface area (Å²) in [5.74, 6) is 0.550. The summed E-state index contributed by atoms with van der Waals surface area (Å²) < 4.78 is 0.